The molecule has 2 rings (SSSR count). The second-order valence-corrected chi connectivity index (χ2v) is 1.93. The highest BCUT2D eigenvalue weighted by Gasteiger charge is 2.00. The molecule has 0 amide bonds. The fraction of sp³-hybridized carbons (Fsp3) is 0. The monoisotopic (exact) mass is 152 g/mol. The van der Waals surface area contributed by atoms with Crippen LogP contribution in [0.4, 0.5) is 5.95 Å². The van der Waals surface area contributed by atoms with E-state index in [1.165, 1.54) is 0 Å². The van der Waals surface area contributed by atoms with Gasteiger partial charge >= 0.3 is 0 Å². The summed E-state index contributed by atoms with van der Waals surface area (Å²) in [6.45, 7) is 0. The summed E-state index contributed by atoms with van der Waals surface area (Å²) < 4.78 is 1.11. The van der Waals surface area contributed by atoms with Gasteiger partial charge in [0.2, 0.25) is 5.95 Å². The molecule has 3 N–H and O–H groups in total. The fourth-order valence-electron chi connectivity index (χ4n) is 0.756. The number of hydrogen-bond acceptors (Lipinski definition) is 5. The van der Waals surface area contributed by atoms with E-state index in [1.54, 1.807) is 0 Å². The minimum Gasteiger partial charge on any atom is -0.368 e. The van der Waals surface area contributed by atoms with Gasteiger partial charge < -0.3 is 5.73 Å². The highest BCUT2D eigenvalue weighted by atomic mass is 16.1. The molecule has 0 spiro atoms. The Hall–Kier alpha value is -1.92. The Morgan fingerprint density at radius 2 is 2.45 bits per heavy atom. The van der Waals surface area contributed by atoms with Gasteiger partial charge in [-0.2, -0.15) is 9.50 Å². The second-order valence-electron chi connectivity index (χ2n) is 1.93. The van der Waals surface area contributed by atoms with Gasteiger partial charge in [-0.15, -0.1) is 10.2 Å². The quantitative estimate of drug-likeness (QED) is 0.473. The van der Waals surface area contributed by atoms with Crippen molar-refractivity contribution in [3.63, 3.8) is 0 Å². The van der Waals surface area contributed by atoms with E-state index in [9.17, 15) is 4.79 Å². The lowest BCUT2D eigenvalue weighted by Gasteiger charge is -1.83. The first-order valence-corrected chi connectivity index (χ1v) is 2.83. The van der Waals surface area contributed by atoms with E-state index in [4.69, 9.17) is 5.73 Å². The summed E-state index contributed by atoms with van der Waals surface area (Å²) in [5, 5.41) is 9.45. The molecule has 0 saturated heterocycles. The molecule has 2 heterocycles. The third kappa shape index (κ3) is 0.741. The van der Waals surface area contributed by atoms with Crippen molar-refractivity contribution in [3.05, 3.63) is 16.6 Å². The molecule has 2 aromatic rings. The Bertz CT molecular complexity index is 441. The number of anilines is 1. The number of hydrogen-bond donors (Lipinski definition) is 2. The SMILES string of the molecule is Nc1nc2nncc(=O)n2[nH]1. The van der Waals surface area contributed by atoms with E-state index in [-0.39, 0.29) is 17.3 Å². The molecule has 56 valence electrons. The van der Waals surface area contributed by atoms with E-state index >= 15 is 0 Å². The van der Waals surface area contributed by atoms with E-state index in [0.29, 0.717) is 0 Å². The Morgan fingerprint density at radius 3 is 3.18 bits per heavy atom. The summed E-state index contributed by atoms with van der Waals surface area (Å²) in [4.78, 5) is 14.6. The maximum atomic E-state index is 10.9. The Kier molecular flexibility index (Phi) is 0.945. The molecule has 0 fully saturated rings. The first kappa shape index (κ1) is 5.83. The van der Waals surface area contributed by atoms with Gasteiger partial charge in [-0.1, -0.05) is 0 Å². The number of nitrogens with two attached hydrogens (primary N) is 1. The summed E-state index contributed by atoms with van der Waals surface area (Å²) in [5.74, 6) is 0.317. The zero-order valence-corrected chi connectivity index (χ0v) is 5.35. The molecule has 0 bridgehead atoms. The van der Waals surface area contributed by atoms with Crippen LogP contribution in [0.15, 0.2) is 11.0 Å². The summed E-state index contributed by atoms with van der Waals surface area (Å²) in [6, 6.07) is 0. The van der Waals surface area contributed by atoms with E-state index < -0.39 is 0 Å². The van der Waals surface area contributed by atoms with Gasteiger partial charge in [0.25, 0.3) is 11.3 Å². The molecule has 0 atom stereocenters. The highest BCUT2D eigenvalue weighted by Crippen LogP contribution is 1.90. The molecule has 0 aliphatic carbocycles. The normalized spacial score (nSPS) is 10.5. The molecule has 7 nitrogen and oxygen atoms in total. The van der Waals surface area contributed by atoms with Crippen molar-refractivity contribution in [1.82, 2.24) is 24.8 Å². The first-order chi connectivity index (χ1) is 5.27. The number of aromatic amines is 1. The average molecular weight is 152 g/mol. The lowest BCUT2D eigenvalue weighted by Crippen LogP contribution is -2.14. The van der Waals surface area contributed by atoms with Crippen molar-refractivity contribution in [2.24, 2.45) is 0 Å². The van der Waals surface area contributed by atoms with Crippen molar-refractivity contribution < 1.29 is 0 Å². The molecule has 0 unspecified atom stereocenters. The largest absolute Gasteiger partial charge is 0.368 e. The van der Waals surface area contributed by atoms with Crippen molar-refractivity contribution in [2.45, 2.75) is 0 Å². The van der Waals surface area contributed by atoms with Gasteiger partial charge in [-0.05, 0) is 0 Å². The third-order valence-corrected chi connectivity index (χ3v) is 1.18. The number of aromatic nitrogens is 5. The van der Waals surface area contributed by atoms with Crippen molar-refractivity contribution in [3.8, 4) is 0 Å². The Morgan fingerprint density at radius 1 is 1.64 bits per heavy atom. The van der Waals surface area contributed by atoms with E-state index in [2.05, 4.69) is 20.3 Å². The second kappa shape index (κ2) is 1.78. The van der Waals surface area contributed by atoms with Crippen molar-refractivity contribution in [2.75, 3.05) is 5.73 Å². The van der Waals surface area contributed by atoms with Crippen LogP contribution in [-0.2, 0) is 0 Å². The minimum absolute atomic E-state index is 0.141. The topological polar surface area (TPSA) is 102 Å². The molecule has 7 heteroatoms. The van der Waals surface area contributed by atoms with Crippen molar-refractivity contribution >= 4 is 11.7 Å². The lowest BCUT2D eigenvalue weighted by atomic mass is 10.8. The molecule has 0 aromatic carbocycles. The smallest absolute Gasteiger partial charge is 0.292 e. The molecule has 0 aliphatic rings. The van der Waals surface area contributed by atoms with Crippen LogP contribution in [0, 0.1) is 0 Å². The lowest BCUT2D eigenvalue weighted by molar-refractivity contribution is 0.852. The Balaban J connectivity index is 3.02. The van der Waals surface area contributed by atoms with E-state index in [0.717, 1.165) is 10.7 Å². The first-order valence-electron chi connectivity index (χ1n) is 2.83. The molecule has 2 aromatic heterocycles. The molecular weight excluding hydrogens is 148 g/mol. The van der Waals surface area contributed by atoms with Crippen LogP contribution in [0.25, 0.3) is 5.78 Å². The van der Waals surface area contributed by atoms with Crippen LogP contribution >= 0.6 is 0 Å². The number of rotatable bonds is 0. The molecule has 0 radical (unpaired) electrons. The summed E-state index contributed by atoms with van der Waals surface area (Å²) in [5.41, 5.74) is 4.93. The van der Waals surface area contributed by atoms with Gasteiger partial charge in [0.15, 0.2) is 0 Å². The van der Waals surface area contributed by atoms with Gasteiger partial charge in [0.1, 0.15) is 6.20 Å². The summed E-state index contributed by atoms with van der Waals surface area (Å²) in [7, 11) is 0. The van der Waals surface area contributed by atoms with Crippen LogP contribution in [0.3, 0.4) is 0 Å². The standard InChI is InChI=1S/C4H4N6O/c5-3-7-4-8-6-1-2(11)10(4)9-3/h1H,(H3,5,7,8,9). The molecular formula is C4H4N6O. The molecule has 0 aliphatic heterocycles. The Labute approximate surface area is 59.9 Å². The number of nitrogens with zero attached hydrogens (tertiary/aromatic N) is 4. The third-order valence-electron chi connectivity index (χ3n) is 1.18. The minimum atomic E-state index is -0.334. The van der Waals surface area contributed by atoms with Crippen molar-refractivity contribution in [1.29, 1.82) is 0 Å². The number of H-pyrrole nitrogens is 1. The maximum absolute atomic E-state index is 10.9. The molecule has 11 heavy (non-hydrogen) atoms. The van der Waals surface area contributed by atoms with Gasteiger partial charge in [-0.25, -0.2) is 0 Å². The summed E-state index contributed by atoms with van der Waals surface area (Å²) in [6.07, 6.45) is 1.07. The highest BCUT2D eigenvalue weighted by molar-refractivity contribution is 5.30. The van der Waals surface area contributed by atoms with Crippen LogP contribution in [0.1, 0.15) is 0 Å². The average Bonchev–Trinajstić information content (AvgIpc) is 2.31. The van der Waals surface area contributed by atoms with Crippen LogP contribution in [0.2, 0.25) is 0 Å². The predicted molar refractivity (Wildman–Crippen MR) is 35.8 cm³/mol. The summed E-state index contributed by atoms with van der Waals surface area (Å²) >= 11 is 0. The fourth-order valence-corrected chi connectivity index (χ4v) is 0.756. The van der Waals surface area contributed by atoms with Crippen LogP contribution in [-0.4, -0.2) is 24.8 Å². The number of fused-ring (bicyclic) bond motifs is 1. The predicted octanol–water partition coefficient (Wildman–Crippen LogP) is -1.61. The van der Waals surface area contributed by atoms with Gasteiger partial charge in [0, 0.05) is 0 Å². The van der Waals surface area contributed by atoms with Gasteiger partial charge in [0.05, 0.1) is 0 Å². The van der Waals surface area contributed by atoms with Crippen LogP contribution < -0.4 is 11.3 Å². The zero-order valence-electron chi connectivity index (χ0n) is 5.35. The van der Waals surface area contributed by atoms with E-state index in [1.807, 2.05) is 0 Å². The zero-order chi connectivity index (χ0) is 7.84. The number of nitrogens with one attached hydrogen (secondary N) is 1. The van der Waals surface area contributed by atoms with Crippen LogP contribution in [0.5, 0.6) is 0 Å². The maximum Gasteiger partial charge on any atom is 0.292 e. The molecule has 0 saturated carbocycles. The van der Waals surface area contributed by atoms with Gasteiger partial charge in [-0.3, -0.25) is 9.89 Å². The number of nitrogen functional groups attached to an aromatic ring is 1.